The monoisotopic (exact) mass is 449 g/mol. The van der Waals surface area contributed by atoms with E-state index in [0.29, 0.717) is 44.0 Å². The summed E-state index contributed by atoms with van der Waals surface area (Å²) in [5.41, 5.74) is 0.147. The number of hydrogen-bond acceptors (Lipinski definition) is 8. The van der Waals surface area contributed by atoms with Crippen molar-refractivity contribution in [2.45, 2.75) is 51.4 Å². The Kier molecular flexibility index (Phi) is 8.60. The summed E-state index contributed by atoms with van der Waals surface area (Å²) in [4.78, 5) is 27.5. The van der Waals surface area contributed by atoms with Crippen molar-refractivity contribution in [3.8, 4) is 0 Å². The molecular formula is C22H31N3O5S. The molecule has 170 valence electrons. The van der Waals surface area contributed by atoms with Crippen LogP contribution < -0.4 is 21.5 Å². The molecule has 1 saturated carbocycles. The lowest BCUT2D eigenvalue weighted by molar-refractivity contribution is 0.116. The van der Waals surface area contributed by atoms with Crippen LogP contribution in [0.2, 0.25) is 0 Å². The van der Waals surface area contributed by atoms with Gasteiger partial charge in [0.25, 0.3) is 10.9 Å². The number of hydrogen-bond donors (Lipinski definition) is 2. The molecule has 0 bridgehead atoms. The van der Waals surface area contributed by atoms with E-state index in [4.69, 9.17) is 4.74 Å². The van der Waals surface area contributed by atoms with Crippen molar-refractivity contribution >= 4 is 26.9 Å². The molecule has 1 aliphatic rings. The zero-order valence-corrected chi connectivity index (χ0v) is 18.6. The maximum atomic E-state index is 12.1. The Labute approximate surface area is 183 Å². The average Bonchev–Trinajstić information content (AvgIpc) is 2.78. The molecule has 0 atom stereocenters. The maximum Gasteiger partial charge on any atom is 0.253 e. The van der Waals surface area contributed by atoms with Crippen molar-refractivity contribution in [3.63, 3.8) is 0 Å². The molecule has 1 aromatic heterocycles. The fourth-order valence-electron chi connectivity index (χ4n) is 3.85. The van der Waals surface area contributed by atoms with Gasteiger partial charge in [0.2, 0.25) is 0 Å². The molecule has 2 N–H and O–H groups in total. The zero-order valence-electron chi connectivity index (χ0n) is 17.8. The van der Waals surface area contributed by atoms with Crippen LogP contribution in [0.5, 0.6) is 0 Å². The predicted octanol–water partition coefficient (Wildman–Crippen LogP) is 2.97. The highest BCUT2D eigenvalue weighted by Gasteiger charge is 2.20. The normalized spacial score (nSPS) is 15.2. The fourth-order valence-corrected chi connectivity index (χ4v) is 4.96. The molecule has 0 radical (unpaired) electrons. The summed E-state index contributed by atoms with van der Waals surface area (Å²) >= 11 is 0. The van der Waals surface area contributed by atoms with Crippen LogP contribution in [-0.4, -0.2) is 38.2 Å². The van der Waals surface area contributed by atoms with Gasteiger partial charge in [-0.15, -0.1) is 0 Å². The predicted molar refractivity (Wildman–Crippen MR) is 122 cm³/mol. The molecule has 8 nitrogen and oxygen atoms in total. The van der Waals surface area contributed by atoms with Crippen LogP contribution in [0.15, 0.2) is 34.1 Å². The number of aromatic nitrogens is 1. The topological polar surface area (TPSA) is 114 Å². The number of nitrogens with one attached hydrogen (secondary N) is 2. The summed E-state index contributed by atoms with van der Waals surface area (Å²) in [7, 11) is -3.20. The van der Waals surface area contributed by atoms with Crippen LogP contribution in [0.4, 0.5) is 17.1 Å². The first kappa shape index (κ1) is 23.4. The van der Waals surface area contributed by atoms with Gasteiger partial charge in [-0.3, -0.25) is 14.6 Å². The van der Waals surface area contributed by atoms with E-state index in [-0.39, 0.29) is 23.1 Å². The highest BCUT2D eigenvalue weighted by atomic mass is 32.2. The Morgan fingerprint density at radius 1 is 0.968 bits per heavy atom. The number of pyridine rings is 1. The van der Waals surface area contributed by atoms with Crippen LogP contribution in [-0.2, 0) is 14.6 Å². The van der Waals surface area contributed by atoms with E-state index in [1.807, 2.05) is 0 Å². The average molecular weight is 450 g/mol. The van der Waals surface area contributed by atoms with E-state index < -0.39 is 20.7 Å². The largest absolute Gasteiger partial charge is 0.380 e. The van der Waals surface area contributed by atoms with E-state index in [0.717, 1.165) is 12.8 Å². The molecular weight excluding hydrogens is 418 g/mol. The molecule has 1 aliphatic carbocycles. The van der Waals surface area contributed by atoms with Crippen molar-refractivity contribution in [2.24, 2.45) is 5.92 Å². The second kappa shape index (κ2) is 11.4. The fraction of sp³-hybridized carbons (Fsp3) is 0.591. The number of unbranched alkanes of at least 4 members (excludes halogenated alkanes) is 2. The Morgan fingerprint density at radius 3 is 2.42 bits per heavy atom. The lowest BCUT2D eigenvalue weighted by Gasteiger charge is -2.21. The van der Waals surface area contributed by atoms with E-state index in [9.17, 15) is 18.0 Å². The zero-order chi connectivity index (χ0) is 22.1. The van der Waals surface area contributed by atoms with Gasteiger partial charge in [0, 0.05) is 24.6 Å². The first-order valence-electron chi connectivity index (χ1n) is 11.0. The van der Waals surface area contributed by atoms with Crippen LogP contribution in [0.3, 0.4) is 0 Å². The first-order valence-corrected chi connectivity index (χ1v) is 12.8. The van der Waals surface area contributed by atoms with Crippen molar-refractivity contribution in [3.05, 3.63) is 45.0 Å². The number of ether oxygens (including phenoxy) is 1. The summed E-state index contributed by atoms with van der Waals surface area (Å²) in [5, 5.41) is 5.93. The molecule has 9 heteroatoms. The molecule has 1 aromatic carbocycles. The highest BCUT2D eigenvalue weighted by Crippen LogP contribution is 2.24. The van der Waals surface area contributed by atoms with Crippen LogP contribution >= 0.6 is 0 Å². The highest BCUT2D eigenvalue weighted by molar-refractivity contribution is 7.91. The van der Waals surface area contributed by atoms with Crippen molar-refractivity contribution in [1.29, 1.82) is 0 Å². The second-order valence-electron chi connectivity index (χ2n) is 8.20. The SMILES string of the molecule is O=c1c(NCCCCCS(=O)(=O)COCC2CCCCC2)c(Nc2ccncc2)c1=O. The van der Waals surface area contributed by atoms with Crippen molar-refractivity contribution in [2.75, 3.05) is 35.5 Å². The number of nitrogens with zero attached hydrogens (tertiary/aromatic N) is 1. The van der Waals surface area contributed by atoms with Gasteiger partial charge >= 0.3 is 0 Å². The molecule has 1 fully saturated rings. The smallest absolute Gasteiger partial charge is 0.253 e. The van der Waals surface area contributed by atoms with Gasteiger partial charge in [0.1, 0.15) is 17.3 Å². The van der Waals surface area contributed by atoms with Gasteiger partial charge in [-0.05, 0) is 43.7 Å². The number of sulfone groups is 1. The van der Waals surface area contributed by atoms with Gasteiger partial charge in [-0.1, -0.05) is 25.7 Å². The van der Waals surface area contributed by atoms with Gasteiger partial charge in [-0.2, -0.15) is 0 Å². The summed E-state index contributed by atoms with van der Waals surface area (Å²) in [6.07, 6.45) is 11.1. The third-order valence-corrected chi connectivity index (χ3v) is 7.07. The molecule has 0 aliphatic heterocycles. The number of rotatable bonds is 13. The van der Waals surface area contributed by atoms with E-state index >= 15 is 0 Å². The third kappa shape index (κ3) is 7.14. The van der Waals surface area contributed by atoms with Crippen LogP contribution in [0.25, 0.3) is 0 Å². The minimum Gasteiger partial charge on any atom is -0.380 e. The summed E-state index contributed by atoms with van der Waals surface area (Å²) in [6.45, 7) is 1.04. The first-order chi connectivity index (χ1) is 15.0. The van der Waals surface area contributed by atoms with Crippen molar-refractivity contribution in [1.82, 2.24) is 4.98 Å². The minimum absolute atomic E-state index is 0.104. The summed E-state index contributed by atoms with van der Waals surface area (Å²) < 4.78 is 29.7. The molecule has 31 heavy (non-hydrogen) atoms. The van der Waals surface area contributed by atoms with Gasteiger partial charge in [0.15, 0.2) is 9.84 Å². The minimum atomic E-state index is -3.20. The van der Waals surface area contributed by atoms with E-state index in [1.165, 1.54) is 19.3 Å². The molecule has 0 spiro atoms. The van der Waals surface area contributed by atoms with Gasteiger partial charge < -0.3 is 15.4 Å². The molecule has 3 rings (SSSR count). The molecule has 1 heterocycles. The standard InChI is InChI=1S/C22H31N3O5S/c26-21-19(20(22(21)27)25-18-9-12-23-13-10-18)24-11-5-2-6-14-31(28,29)16-30-15-17-7-3-1-4-8-17/h9-10,12-13,17,24H,1-8,11,14-16H2,(H,23,25). The van der Waals surface area contributed by atoms with Gasteiger partial charge in [0.05, 0.1) is 12.4 Å². The maximum absolute atomic E-state index is 12.1. The molecule has 0 amide bonds. The Bertz CT molecular complexity index is 994. The van der Waals surface area contributed by atoms with Crippen LogP contribution in [0.1, 0.15) is 51.4 Å². The Hall–Kier alpha value is -2.26. The lowest BCUT2D eigenvalue weighted by atomic mass is 9.90. The quantitative estimate of drug-likeness (QED) is 0.354. The number of anilines is 3. The Balaban J connectivity index is 1.31. The third-order valence-electron chi connectivity index (χ3n) is 5.64. The van der Waals surface area contributed by atoms with E-state index in [2.05, 4.69) is 15.6 Å². The lowest BCUT2D eigenvalue weighted by Crippen LogP contribution is -2.36. The van der Waals surface area contributed by atoms with Crippen molar-refractivity contribution < 1.29 is 13.2 Å². The van der Waals surface area contributed by atoms with E-state index in [1.54, 1.807) is 24.5 Å². The van der Waals surface area contributed by atoms with Crippen LogP contribution in [0, 0.1) is 5.92 Å². The molecule has 0 unspecified atom stereocenters. The van der Waals surface area contributed by atoms with Gasteiger partial charge in [-0.25, -0.2) is 8.42 Å². The summed E-state index contributed by atoms with van der Waals surface area (Å²) in [6, 6.07) is 3.42. The summed E-state index contributed by atoms with van der Waals surface area (Å²) in [5.74, 6) is 0.408. The molecule has 0 saturated heterocycles. The second-order valence-corrected chi connectivity index (χ2v) is 10.3. The molecule has 2 aromatic rings. The Morgan fingerprint density at radius 2 is 1.68 bits per heavy atom.